The number of rotatable bonds is 9. The first-order valence-corrected chi connectivity index (χ1v) is 12.5. The molecule has 4 N–H and O–H groups in total. The molecule has 2 aromatic carbocycles. The van der Waals surface area contributed by atoms with E-state index in [9.17, 15) is 14.1 Å². The van der Waals surface area contributed by atoms with Gasteiger partial charge in [-0.15, -0.1) is 0 Å². The van der Waals surface area contributed by atoms with Gasteiger partial charge in [0.25, 0.3) is 5.91 Å². The maximum atomic E-state index is 12.9. The third-order valence-corrected chi connectivity index (χ3v) is 7.59. The quantitative estimate of drug-likeness (QED) is 0.463. The molecule has 178 valence electrons. The van der Waals surface area contributed by atoms with E-state index in [1.807, 2.05) is 0 Å². The summed E-state index contributed by atoms with van der Waals surface area (Å²) in [7, 11) is -1.52. The van der Waals surface area contributed by atoms with Crippen LogP contribution in [0.1, 0.15) is 17.5 Å². The van der Waals surface area contributed by atoms with Gasteiger partial charge in [-0.1, -0.05) is 36.4 Å². The van der Waals surface area contributed by atoms with Gasteiger partial charge in [0.1, 0.15) is 16.7 Å². The van der Waals surface area contributed by atoms with Crippen LogP contribution in [0.3, 0.4) is 0 Å². The average Bonchev–Trinajstić information content (AvgIpc) is 3.18. The molecule has 8 nitrogen and oxygen atoms in total. The lowest BCUT2D eigenvalue weighted by Crippen LogP contribution is -2.35. The number of nitrogens with two attached hydrogens (primary N) is 1. The number of ether oxygens (including phenoxy) is 1. The lowest BCUT2D eigenvalue weighted by molar-refractivity contribution is -0.123. The van der Waals surface area contributed by atoms with E-state index in [1.54, 1.807) is 28.6 Å². The number of β-amino-alcohol motifs (C(OH)–C–C–N with tert-alkyl or cyclic N) is 1. The van der Waals surface area contributed by atoms with E-state index in [-0.39, 0.29) is 19.1 Å². The van der Waals surface area contributed by atoms with Gasteiger partial charge in [-0.25, -0.2) is 8.51 Å². The molecular formula is C24H32N4O4S. The van der Waals surface area contributed by atoms with Crippen molar-refractivity contribution in [2.45, 2.75) is 36.4 Å². The number of amides is 1. The molecule has 0 bridgehead atoms. The van der Waals surface area contributed by atoms with Crippen LogP contribution in [-0.2, 0) is 28.7 Å². The third kappa shape index (κ3) is 6.18. The molecule has 2 heterocycles. The Labute approximate surface area is 197 Å². The number of fused-ring (bicyclic) bond motifs is 1. The Bertz CT molecular complexity index is 978. The van der Waals surface area contributed by atoms with Gasteiger partial charge in [-0.3, -0.25) is 9.69 Å². The lowest BCUT2D eigenvalue weighted by atomic mass is 10.00. The minimum absolute atomic E-state index is 0.145. The summed E-state index contributed by atoms with van der Waals surface area (Å²) in [6.07, 6.45) is 1.23. The van der Waals surface area contributed by atoms with Crippen molar-refractivity contribution in [3.05, 3.63) is 59.7 Å². The summed E-state index contributed by atoms with van der Waals surface area (Å²) in [6.45, 7) is 3.95. The highest BCUT2D eigenvalue weighted by Gasteiger charge is 2.33. The van der Waals surface area contributed by atoms with Crippen LogP contribution in [0, 0.1) is 0 Å². The van der Waals surface area contributed by atoms with Crippen molar-refractivity contribution in [3.8, 4) is 5.75 Å². The van der Waals surface area contributed by atoms with Gasteiger partial charge in [0.2, 0.25) is 0 Å². The van der Waals surface area contributed by atoms with Gasteiger partial charge >= 0.3 is 0 Å². The van der Waals surface area contributed by atoms with Crippen molar-refractivity contribution < 1.29 is 18.8 Å². The van der Waals surface area contributed by atoms with Gasteiger partial charge in [0, 0.05) is 45.3 Å². The largest absolute Gasteiger partial charge is 0.482 e. The molecule has 3 atom stereocenters. The Morgan fingerprint density at radius 1 is 1.15 bits per heavy atom. The number of benzene rings is 2. The van der Waals surface area contributed by atoms with E-state index in [2.05, 4.69) is 34.5 Å². The molecule has 1 amide bonds. The molecule has 3 unspecified atom stereocenters. The fraction of sp³-hybridized carbons (Fsp3) is 0.458. The molecule has 2 aliphatic heterocycles. The zero-order chi connectivity index (χ0) is 23.2. The second kappa shape index (κ2) is 11.2. The third-order valence-electron chi connectivity index (χ3n) is 6.11. The number of nitrogens with one attached hydrogen (secondary N) is 1. The first kappa shape index (κ1) is 23.8. The molecule has 33 heavy (non-hydrogen) atoms. The molecule has 0 aromatic heterocycles. The lowest BCUT2D eigenvalue weighted by Gasteiger charge is -2.28. The Hall–Kier alpha value is -2.30. The van der Waals surface area contributed by atoms with E-state index in [0.29, 0.717) is 23.7 Å². The van der Waals surface area contributed by atoms with E-state index in [1.165, 1.54) is 11.1 Å². The van der Waals surface area contributed by atoms with Crippen LogP contribution >= 0.6 is 0 Å². The first-order valence-electron chi connectivity index (χ1n) is 11.4. The van der Waals surface area contributed by atoms with Crippen molar-refractivity contribution in [2.24, 2.45) is 5.73 Å². The zero-order valence-corrected chi connectivity index (χ0v) is 19.5. The standard InChI is InChI=1S/C24H32N4O4S/c25-20-15-28(16-21(20)29)33(31)23-9-4-3-8-22(23)32-17-24(30)26-11-5-12-27-13-10-18-6-1-2-7-19(18)14-27/h1-4,6-9,20-21,29H,5,10-17,25H2,(H,26,30). The molecule has 0 radical (unpaired) electrons. The van der Waals surface area contributed by atoms with Gasteiger partial charge < -0.3 is 20.9 Å². The summed E-state index contributed by atoms with van der Waals surface area (Å²) < 4.78 is 20.2. The van der Waals surface area contributed by atoms with Crippen molar-refractivity contribution in [1.82, 2.24) is 14.5 Å². The van der Waals surface area contributed by atoms with Gasteiger partial charge in [0.05, 0.1) is 11.0 Å². The predicted molar refractivity (Wildman–Crippen MR) is 127 cm³/mol. The summed E-state index contributed by atoms with van der Waals surface area (Å²) in [4.78, 5) is 15.2. The van der Waals surface area contributed by atoms with Crippen LogP contribution in [0.25, 0.3) is 0 Å². The second-order valence-corrected chi connectivity index (χ2v) is 10.0. The summed E-state index contributed by atoms with van der Waals surface area (Å²) in [5, 5.41) is 12.8. The maximum absolute atomic E-state index is 12.9. The molecule has 4 rings (SSSR count). The van der Waals surface area contributed by atoms with Crippen LogP contribution in [0.2, 0.25) is 0 Å². The number of hydrogen-bond acceptors (Lipinski definition) is 6. The summed E-state index contributed by atoms with van der Waals surface area (Å²) in [5.74, 6) is 0.186. The fourth-order valence-corrected chi connectivity index (χ4v) is 5.60. The van der Waals surface area contributed by atoms with Crippen LogP contribution < -0.4 is 15.8 Å². The topological polar surface area (TPSA) is 108 Å². The van der Waals surface area contributed by atoms with Crippen LogP contribution in [0.15, 0.2) is 53.4 Å². The minimum Gasteiger partial charge on any atom is -0.482 e. The van der Waals surface area contributed by atoms with Gasteiger partial charge in [0.15, 0.2) is 6.61 Å². The molecule has 0 spiro atoms. The number of carbonyl (C=O) groups excluding carboxylic acids is 1. The molecule has 1 fully saturated rings. The maximum Gasteiger partial charge on any atom is 0.257 e. The molecule has 2 aromatic rings. The SMILES string of the molecule is NC1CN(S(=O)c2ccccc2OCC(=O)NCCCN2CCc3ccccc3C2)CC1O. The minimum atomic E-state index is -1.52. The molecule has 0 aliphatic carbocycles. The van der Waals surface area contributed by atoms with Crippen molar-refractivity contribution in [2.75, 3.05) is 39.3 Å². The number of para-hydroxylation sites is 1. The summed E-state index contributed by atoms with van der Waals surface area (Å²) >= 11 is 0. The van der Waals surface area contributed by atoms with E-state index >= 15 is 0 Å². The van der Waals surface area contributed by atoms with Crippen LogP contribution in [-0.4, -0.2) is 75.9 Å². The molecule has 9 heteroatoms. The Kier molecular flexibility index (Phi) is 8.11. The van der Waals surface area contributed by atoms with Crippen molar-refractivity contribution in [3.63, 3.8) is 0 Å². The molecule has 1 saturated heterocycles. The fourth-order valence-electron chi connectivity index (χ4n) is 4.23. The highest BCUT2D eigenvalue weighted by Crippen LogP contribution is 2.26. The molecule has 0 saturated carbocycles. The van der Waals surface area contributed by atoms with E-state index < -0.39 is 23.1 Å². The van der Waals surface area contributed by atoms with E-state index in [4.69, 9.17) is 10.5 Å². The Morgan fingerprint density at radius 3 is 2.70 bits per heavy atom. The predicted octanol–water partition coefficient (Wildman–Crippen LogP) is 0.656. The first-order chi connectivity index (χ1) is 16.0. The normalized spacial score (nSPS) is 22.0. The van der Waals surface area contributed by atoms with Gasteiger partial charge in [-0.05, 0) is 36.1 Å². The highest BCUT2D eigenvalue weighted by atomic mass is 32.2. The Morgan fingerprint density at radius 2 is 1.91 bits per heavy atom. The van der Waals surface area contributed by atoms with Gasteiger partial charge in [-0.2, -0.15) is 0 Å². The Balaban J connectivity index is 1.19. The number of aliphatic hydroxyl groups is 1. The zero-order valence-electron chi connectivity index (χ0n) is 18.7. The van der Waals surface area contributed by atoms with Crippen molar-refractivity contribution >= 4 is 16.9 Å². The average molecular weight is 473 g/mol. The molecule has 2 aliphatic rings. The number of carbonyl (C=O) groups is 1. The van der Waals surface area contributed by atoms with Crippen LogP contribution in [0.4, 0.5) is 0 Å². The summed E-state index contributed by atoms with van der Waals surface area (Å²) in [6, 6.07) is 15.1. The number of hydrogen-bond donors (Lipinski definition) is 3. The smallest absolute Gasteiger partial charge is 0.257 e. The van der Waals surface area contributed by atoms with Crippen molar-refractivity contribution in [1.29, 1.82) is 0 Å². The highest BCUT2D eigenvalue weighted by molar-refractivity contribution is 7.82. The number of aliphatic hydroxyl groups excluding tert-OH is 1. The monoisotopic (exact) mass is 472 g/mol. The summed E-state index contributed by atoms with van der Waals surface area (Å²) in [5.41, 5.74) is 8.66. The van der Waals surface area contributed by atoms with E-state index in [0.717, 1.165) is 32.5 Å². The van der Waals surface area contributed by atoms with Crippen LogP contribution in [0.5, 0.6) is 5.75 Å². The molecular weight excluding hydrogens is 440 g/mol. The number of nitrogens with zero attached hydrogens (tertiary/aromatic N) is 2. The second-order valence-electron chi connectivity index (χ2n) is 8.56.